The molecule has 0 aliphatic heterocycles. The third-order valence-corrected chi connectivity index (χ3v) is 5.01. The number of nitrogens with one attached hydrogen (secondary N) is 1. The van der Waals surface area contributed by atoms with Gasteiger partial charge in [-0.3, -0.25) is 9.36 Å². The third kappa shape index (κ3) is 5.44. The minimum atomic E-state index is -0.776. The minimum Gasteiger partial charge on any atom is -0.490 e. The van der Waals surface area contributed by atoms with E-state index < -0.39 is 17.4 Å². The summed E-state index contributed by atoms with van der Waals surface area (Å²) in [5.41, 5.74) is -0.594. The second-order valence-electron chi connectivity index (χ2n) is 8.67. The van der Waals surface area contributed by atoms with Crippen molar-refractivity contribution in [2.45, 2.75) is 53.1 Å². The zero-order valence-electron chi connectivity index (χ0n) is 19.7. The molecule has 1 aromatic carbocycles. The molecule has 0 saturated carbocycles. The molecule has 1 atom stereocenters. The predicted octanol–water partition coefficient (Wildman–Crippen LogP) is 3.69. The van der Waals surface area contributed by atoms with E-state index in [-0.39, 0.29) is 34.8 Å². The Morgan fingerprint density at radius 2 is 1.94 bits per heavy atom. The fourth-order valence-corrected chi connectivity index (χ4v) is 3.57. The summed E-state index contributed by atoms with van der Waals surface area (Å²) in [7, 11) is 1.59. The fraction of sp³-hybridized carbons (Fsp3) is 0.435. The number of ether oxygens (including phenoxy) is 1. The van der Waals surface area contributed by atoms with Gasteiger partial charge in [0.1, 0.15) is 35.2 Å². The average Bonchev–Trinajstić information content (AvgIpc) is 3.04. The van der Waals surface area contributed by atoms with Crippen LogP contribution in [0.25, 0.3) is 5.69 Å². The van der Waals surface area contributed by atoms with E-state index in [2.05, 4.69) is 34.2 Å². The maximum absolute atomic E-state index is 15.2. The minimum absolute atomic E-state index is 0.0152. The largest absolute Gasteiger partial charge is 0.490 e. The van der Waals surface area contributed by atoms with E-state index in [0.717, 1.165) is 17.2 Å². The van der Waals surface area contributed by atoms with Gasteiger partial charge in [-0.15, -0.1) is 5.10 Å². The number of amides is 1. The first-order valence-corrected chi connectivity index (χ1v) is 10.8. The molecule has 0 radical (unpaired) electrons. The van der Waals surface area contributed by atoms with E-state index in [4.69, 9.17) is 4.74 Å². The number of hydrogen-bond acceptors (Lipinski definition) is 6. The number of aromatic nitrogens is 5. The number of rotatable bonds is 8. The van der Waals surface area contributed by atoms with Crippen LogP contribution in [0.3, 0.4) is 0 Å². The second kappa shape index (κ2) is 9.93. The lowest BCUT2D eigenvalue weighted by Crippen LogP contribution is -2.24. The van der Waals surface area contributed by atoms with E-state index in [1.807, 2.05) is 20.8 Å². The average molecular weight is 457 g/mol. The Kier molecular flexibility index (Phi) is 7.25. The van der Waals surface area contributed by atoms with Crippen LogP contribution in [0.4, 0.5) is 10.2 Å². The second-order valence-corrected chi connectivity index (χ2v) is 8.67. The summed E-state index contributed by atoms with van der Waals surface area (Å²) in [5, 5.41) is 6.92. The number of halogens is 1. The molecule has 10 heteroatoms. The summed E-state index contributed by atoms with van der Waals surface area (Å²) in [6.07, 6.45) is 3.25. The molecule has 3 aromatic rings. The molecule has 1 amide bonds. The van der Waals surface area contributed by atoms with Gasteiger partial charge < -0.3 is 10.1 Å². The maximum Gasteiger partial charge on any atom is 0.350 e. The van der Waals surface area contributed by atoms with Crippen LogP contribution in [0, 0.1) is 11.7 Å². The van der Waals surface area contributed by atoms with Crippen LogP contribution in [0.5, 0.6) is 5.75 Å². The lowest BCUT2D eigenvalue weighted by molar-refractivity contribution is 0.101. The smallest absolute Gasteiger partial charge is 0.350 e. The van der Waals surface area contributed by atoms with Crippen molar-refractivity contribution < 1.29 is 13.9 Å². The fourth-order valence-electron chi connectivity index (χ4n) is 3.57. The molecule has 176 valence electrons. The maximum atomic E-state index is 15.2. The quantitative estimate of drug-likeness (QED) is 0.554. The Morgan fingerprint density at radius 1 is 1.21 bits per heavy atom. The van der Waals surface area contributed by atoms with Gasteiger partial charge in [0.05, 0.1) is 11.7 Å². The molecule has 0 aliphatic rings. The molecule has 2 aromatic heterocycles. The normalized spacial score (nSPS) is 12.3. The molecule has 0 aliphatic carbocycles. The topological polar surface area (TPSA) is 104 Å². The summed E-state index contributed by atoms with van der Waals surface area (Å²) in [5.74, 6) is -0.125. The van der Waals surface area contributed by atoms with E-state index in [9.17, 15) is 9.59 Å². The van der Waals surface area contributed by atoms with Crippen molar-refractivity contribution in [3.05, 3.63) is 58.4 Å². The van der Waals surface area contributed by atoms with Gasteiger partial charge in [0.15, 0.2) is 0 Å². The summed E-state index contributed by atoms with van der Waals surface area (Å²) in [6.45, 7) is 9.77. The van der Waals surface area contributed by atoms with Crippen molar-refractivity contribution in [1.82, 2.24) is 24.3 Å². The SMILES string of the molecule is CC(C)C[C@H](C)Oc1cc(-n2nc(C(C)C)n(C)c2=O)c(F)cc1C(=O)Nc1ccncn1. The molecular weight excluding hydrogens is 427 g/mol. The summed E-state index contributed by atoms with van der Waals surface area (Å²) in [4.78, 5) is 33.5. The predicted molar refractivity (Wildman–Crippen MR) is 122 cm³/mol. The summed E-state index contributed by atoms with van der Waals surface area (Å²) >= 11 is 0. The number of carbonyl (C=O) groups excluding carboxylic acids is 1. The highest BCUT2D eigenvalue weighted by Crippen LogP contribution is 2.28. The molecule has 0 unspecified atom stereocenters. The van der Waals surface area contributed by atoms with Gasteiger partial charge in [-0.2, -0.15) is 4.68 Å². The number of anilines is 1. The number of benzene rings is 1. The van der Waals surface area contributed by atoms with Crippen LogP contribution < -0.4 is 15.7 Å². The number of carbonyl (C=O) groups is 1. The Morgan fingerprint density at radius 3 is 2.52 bits per heavy atom. The highest BCUT2D eigenvalue weighted by Gasteiger charge is 2.23. The standard InChI is InChI=1S/C23H29FN6O3/c1-13(2)9-15(5)33-19-11-18(30-23(32)29(6)21(28-30)14(3)4)17(24)10-16(19)22(31)27-20-7-8-25-12-26-20/h7-8,10-15H,9H2,1-6H3,(H,25,26,27,31)/t15-/m0/s1. The van der Waals surface area contributed by atoms with Crippen LogP contribution in [0.2, 0.25) is 0 Å². The van der Waals surface area contributed by atoms with Crippen LogP contribution >= 0.6 is 0 Å². The highest BCUT2D eigenvalue weighted by atomic mass is 19.1. The van der Waals surface area contributed by atoms with Crippen LogP contribution in [-0.4, -0.2) is 36.3 Å². The monoisotopic (exact) mass is 456 g/mol. The number of nitrogens with zero attached hydrogens (tertiary/aromatic N) is 5. The van der Waals surface area contributed by atoms with Crippen molar-refractivity contribution in [3.63, 3.8) is 0 Å². The molecule has 0 fully saturated rings. The molecule has 2 heterocycles. The van der Waals surface area contributed by atoms with Gasteiger partial charge in [0.25, 0.3) is 5.91 Å². The van der Waals surface area contributed by atoms with Crippen molar-refractivity contribution in [2.75, 3.05) is 5.32 Å². The lowest BCUT2D eigenvalue weighted by Gasteiger charge is -2.20. The van der Waals surface area contributed by atoms with Gasteiger partial charge in [-0.05, 0) is 31.4 Å². The first-order valence-electron chi connectivity index (χ1n) is 10.8. The van der Waals surface area contributed by atoms with E-state index in [0.29, 0.717) is 11.7 Å². The zero-order valence-corrected chi connectivity index (χ0v) is 19.7. The van der Waals surface area contributed by atoms with Crippen LogP contribution in [0.15, 0.2) is 35.5 Å². The van der Waals surface area contributed by atoms with E-state index in [1.54, 1.807) is 7.05 Å². The lowest BCUT2D eigenvalue weighted by atomic mass is 10.1. The van der Waals surface area contributed by atoms with Crippen molar-refractivity contribution in [3.8, 4) is 11.4 Å². The zero-order chi connectivity index (χ0) is 24.3. The van der Waals surface area contributed by atoms with Crippen LogP contribution in [0.1, 0.15) is 63.1 Å². The van der Waals surface area contributed by atoms with E-state index in [1.165, 1.54) is 29.2 Å². The first kappa shape index (κ1) is 24.1. The van der Waals surface area contributed by atoms with Crippen molar-refractivity contribution in [1.29, 1.82) is 0 Å². The van der Waals surface area contributed by atoms with Gasteiger partial charge in [-0.1, -0.05) is 27.7 Å². The molecule has 33 heavy (non-hydrogen) atoms. The molecule has 0 bridgehead atoms. The summed E-state index contributed by atoms with van der Waals surface area (Å²) < 4.78 is 23.6. The molecule has 3 rings (SSSR count). The molecule has 0 saturated heterocycles. The third-order valence-electron chi connectivity index (χ3n) is 5.01. The molecular formula is C23H29FN6O3. The Balaban J connectivity index is 2.09. The Labute approximate surface area is 191 Å². The number of hydrogen-bond donors (Lipinski definition) is 1. The summed E-state index contributed by atoms with van der Waals surface area (Å²) in [6, 6.07) is 3.92. The highest BCUT2D eigenvalue weighted by molar-refractivity contribution is 6.06. The van der Waals surface area contributed by atoms with Gasteiger partial charge in [0.2, 0.25) is 0 Å². The molecule has 9 nitrogen and oxygen atoms in total. The Bertz CT molecular complexity index is 1190. The van der Waals surface area contributed by atoms with Gasteiger partial charge >= 0.3 is 5.69 Å². The van der Waals surface area contributed by atoms with Crippen molar-refractivity contribution >= 4 is 11.7 Å². The Hall–Kier alpha value is -3.56. The molecule has 1 N–H and O–H groups in total. The molecule has 0 spiro atoms. The van der Waals surface area contributed by atoms with Crippen LogP contribution in [-0.2, 0) is 7.05 Å². The van der Waals surface area contributed by atoms with Gasteiger partial charge in [0, 0.05) is 25.2 Å². The van der Waals surface area contributed by atoms with E-state index >= 15 is 4.39 Å². The van der Waals surface area contributed by atoms with Crippen molar-refractivity contribution in [2.24, 2.45) is 13.0 Å². The first-order chi connectivity index (χ1) is 15.6. The van der Waals surface area contributed by atoms with Gasteiger partial charge in [-0.25, -0.2) is 19.2 Å².